The summed E-state index contributed by atoms with van der Waals surface area (Å²) in [4.78, 5) is 10.5. The molecule has 1 aliphatic carbocycles. The first kappa shape index (κ1) is 29.2. The summed E-state index contributed by atoms with van der Waals surface area (Å²) in [5.74, 6) is 0. The van der Waals surface area contributed by atoms with E-state index in [1.54, 1.807) is 0 Å². The number of rotatable bonds is 3. The zero-order valence-corrected chi connectivity index (χ0v) is 28.9. The molecule has 0 bridgehead atoms. The Morgan fingerprint density at radius 2 is 1.08 bits per heavy atom. The van der Waals surface area contributed by atoms with Gasteiger partial charge in [0.15, 0.2) is 0 Å². The molecule has 0 N–H and O–H groups in total. The molecule has 0 radical (unpaired) electrons. The fourth-order valence-electron chi connectivity index (χ4n) is 8.99. The van der Waals surface area contributed by atoms with Gasteiger partial charge in [0, 0.05) is 32.7 Å². The van der Waals surface area contributed by atoms with E-state index in [-0.39, 0.29) is 5.41 Å². The number of benzene rings is 8. The lowest BCUT2D eigenvalue weighted by Crippen LogP contribution is -2.15. The average molecular weight is 664 g/mol. The van der Waals surface area contributed by atoms with Gasteiger partial charge in [-0.25, -0.2) is 9.97 Å². The van der Waals surface area contributed by atoms with Crippen molar-refractivity contribution in [3.8, 4) is 39.3 Å². The minimum Gasteiger partial charge on any atom is -0.309 e. The molecule has 0 fully saturated rings. The molecule has 10 aromatic rings. The molecule has 11 rings (SSSR count). The van der Waals surface area contributed by atoms with Crippen LogP contribution >= 0.6 is 0 Å². The van der Waals surface area contributed by atoms with Gasteiger partial charge in [0.2, 0.25) is 0 Å². The van der Waals surface area contributed by atoms with Gasteiger partial charge < -0.3 is 4.57 Å². The van der Waals surface area contributed by atoms with Gasteiger partial charge in [0.1, 0.15) is 0 Å². The molecule has 0 spiro atoms. The summed E-state index contributed by atoms with van der Waals surface area (Å²) >= 11 is 0. The van der Waals surface area contributed by atoms with E-state index in [0.717, 1.165) is 44.6 Å². The van der Waals surface area contributed by atoms with Crippen LogP contribution in [0, 0.1) is 0 Å². The minimum absolute atomic E-state index is 0.157. The number of para-hydroxylation sites is 3. The lowest BCUT2D eigenvalue weighted by atomic mass is 9.80. The van der Waals surface area contributed by atoms with Crippen LogP contribution in [-0.4, -0.2) is 14.5 Å². The predicted molar refractivity (Wildman–Crippen MR) is 217 cm³/mol. The molecule has 0 aliphatic heterocycles. The van der Waals surface area contributed by atoms with Crippen LogP contribution in [0.5, 0.6) is 0 Å². The van der Waals surface area contributed by atoms with Crippen molar-refractivity contribution in [2.24, 2.45) is 0 Å². The Morgan fingerprint density at radius 1 is 0.442 bits per heavy atom. The van der Waals surface area contributed by atoms with Gasteiger partial charge in [0.05, 0.1) is 39.1 Å². The van der Waals surface area contributed by atoms with E-state index in [1.807, 2.05) is 24.3 Å². The number of aromatic nitrogens is 3. The van der Waals surface area contributed by atoms with Gasteiger partial charge >= 0.3 is 0 Å². The molecule has 0 amide bonds. The predicted octanol–water partition coefficient (Wildman–Crippen LogP) is 12.7. The number of fused-ring (bicyclic) bond motifs is 10. The first-order chi connectivity index (χ1) is 25.6. The first-order valence-electron chi connectivity index (χ1n) is 18.0. The smallest absolute Gasteiger partial charge is 0.0979 e. The Morgan fingerprint density at radius 3 is 1.88 bits per heavy atom. The highest BCUT2D eigenvalue weighted by molar-refractivity contribution is 6.14. The first-order valence-corrected chi connectivity index (χ1v) is 18.0. The number of nitrogens with zero attached hydrogens (tertiary/aromatic N) is 3. The largest absolute Gasteiger partial charge is 0.309 e. The van der Waals surface area contributed by atoms with Crippen LogP contribution in [0.2, 0.25) is 0 Å². The Balaban J connectivity index is 1.19. The van der Waals surface area contributed by atoms with Gasteiger partial charge in [-0.2, -0.15) is 0 Å². The van der Waals surface area contributed by atoms with Crippen molar-refractivity contribution in [2.45, 2.75) is 19.3 Å². The van der Waals surface area contributed by atoms with Gasteiger partial charge in [-0.1, -0.05) is 135 Å². The summed E-state index contributed by atoms with van der Waals surface area (Å²) < 4.78 is 2.48. The van der Waals surface area contributed by atoms with Crippen molar-refractivity contribution in [1.82, 2.24) is 14.5 Å². The van der Waals surface area contributed by atoms with Crippen LogP contribution in [0.4, 0.5) is 0 Å². The summed E-state index contributed by atoms with van der Waals surface area (Å²) in [5, 5.41) is 7.48. The molecular formula is C49H33N3. The topological polar surface area (TPSA) is 30.7 Å². The van der Waals surface area contributed by atoms with Crippen LogP contribution in [0.15, 0.2) is 164 Å². The van der Waals surface area contributed by atoms with Gasteiger partial charge in [-0.15, -0.1) is 0 Å². The lowest BCUT2D eigenvalue weighted by Gasteiger charge is -2.23. The van der Waals surface area contributed by atoms with E-state index in [2.05, 4.69) is 158 Å². The maximum atomic E-state index is 5.29. The summed E-state index contributed by atoms with van der Waals surface area (Å²) in [6.45, 7) is 4.78. The normalized spacial score (nSPS) is 13.3. The molecular weight excluding hydrogens is 631 g/mol. The molecule has 0 saturated carbocycles. The second kappa shape index (κ2) is 10.7. The van der Waals surface area contributed by atoms with Crippen molar-refractivity contribution in [3.05, 3.63) is 175 Å². The van der Waals surface area contributed by atoms with Gasteiger partial charge in [0.25, 0.3) is 0 Å². The van der Waals surface area contributed by atoms with Crippen LogP contribution in [-0.2, 0) is 5.41 Å². The van der Waals surface area contributed by atoms with E-state index in [9.17, 15) is 0 Å². The quantitative estimate of drug-likeness (QED) is 0.188. The third kappa shape index (κ3) is 4.02. The second-order valence-corrected chi connectivity index (χ2v) is 14.6. The molecule has 0 atom stereocenters. The Kier molecular flexibility index (Phi) is 6.01. The average Bonchev–Trinajstić information content (AvgIpc) is 3.64. The Labute approximate surface area is 301 Å². The number of hydrogen-bond donors (Lipinski definition) is 0. The summed E-state index contributed by atoms with van der Waals surface area (Å²) in [5.41, 5.74) is 14.6. The lowest BCUT2D eigenvalue weighted by molar-refractivity contribution is 0.667. The molecule has 0 saturated heterocycles. The minimum atomic E-state index is -0.157. The zero-order chi connectivity index (χ0) is 34.6. The molecule has 3 nitrogen and oxygen atoms in total. The van der Waals surface area contributed by atoms with Crippen LogP contribution in [0.1, 0.15) is 25.0 Å². The maximum Gasteiger partial charge on any atom is 0.0979 e. The van der Waals surface area contributed by atoms with E-state index >= 15 is 0 Å². The van der Waals surface area contributed by atoms with Crippen molar-refractivity contribution in [2.75, 3.05) is 0 Å². The highest BCUT2D eigenvalue weighted by Gasteiger charge is 2.38. The molecule has 2 heterocycles. The Bertz CT molecular complexity index is 3100. The Hall–Kier alpha value is -6.58. The van der Waals surface area contributed by atoms with Gasteiger partial charge in [-0.3, -0.25) is 0 Å². The molecule has 244 valence electrons. The van der Waals surface area contributed by atoms with Gasteiger partial charge in [-0.05, 0) is 80.9 Å². The summed E-state index contributed by atoms with van der Waals surface area (Å²) in [6, 6.07) is 59.1. The fraction of sp³-hybridized carbons (Fsp3) is 0.0612. The van der Waals surface area contributed by atoms with Crippen molar-refractivity contribution in [1.29, 1.82) is 0 Å². The van der Waals surface area contributed by atoms with E-state index in [1.165, 1.54) is 60.2 Å². The highest BCUT2D eigenvalue weighted by Crippen LogP contribution is 2.53. The SMILES string of the molecule is CC1(C)c2cc3c(cc2-c2ccc4ccccc4c21)c1ccccc1n3-c1ccc(-c2nc3ccccc3nc2-c2ccccc2)c2ccccc12. The monoisotopic (exact) mass is 663 g/mol. The fourth-order valence-corrected chi connectivity index (χ4v) is 8.99. The van der Waals surface area contributed by atoms with Crippen LogP contribution < -0.4 is 0 Å². The van der Waals surface area contributed by atoms with Crippen molar-refractivity contribution in [3.63, 3.8) is 0 Å². The van der Waals surface area contributed by atoms with E-state index in [0.29, 0.717) is 0 Å². The third-order valence-electron chi connectivity index (χ3n) is 11.3. The zero-order valence-electron chi connectivity index (χ0n) is 28.9. The summed E-state index contributed by atoms with van der Waals surface area (Å²) in [7, 11) is 0. The molecule has 0 unspecified atom stereocenters. The molecule has 52 heavy (non-hydrogen) atoms. The van der Waals surface area contributed by atoms with Crippen LogP contribution in [0.3, 0.4) is 0 Å². The third-order valence-corrected chi connectivity index (χ3v) is 11.3. The van der Waals surface area contributed by atoms with Crippen LogP contribution in [0.25, 0.3) is 93.7 Å². The molecule has 1 aliphatic rings. The molecule has 3 heteroatoms. The van der Waals surface area contributed by atoms with E-state index in [4.69, 9.17) is 9.97 Å². The standard InChI is InChI=1S/C49H33N3/c1-49(2)40-29-45-39(28-38(40)36-25-24-30-14-6-7-17-32(30)46(36)49)35-20-10-13-23-43(35)52(45)44-27-26-37(33-18-8-9-19-34(33)44)48-47(31-15-4-3-5-16-31)50-41-21-11-12-22-42(41)51-48/h3-29H,1-2H3. The number of hydrogen-bond acceptors (Lipinski definition) is 2. The second-order valence-electron chi connectivity index (χ2n) is 14.6. The van der Waals surface area contributed by atoms with Crippen molar-refractivity contribution >= 4 is 54.4 Å². The maximum absolute atomic E-state index is 5.29. The van der Waals surface area contributed by atoms with E-state index < -0.39 is 0 Å². The molecule has 8 aromatic carbocycles. The van der Waals surface area contributed by atoms with Crippen molar-refractivity contribution < 1.29 is 0 Å². The summed E-state index contributed by atoms with van der Waals surface area (Å²) in [6.07, 6.45) is 0. The molecule has 2 aromatic heterocycles. The highest BCUT2D eigenvalue weighted by atomic mass is 15.0.